The van der Waals surface area contributed by atoms with Crippen LogP contribution in [0.3, 0.4) is 0 Å². The average molecular weight is 399 g/mol. The maximum Gasteiger partial charge on any atom is 0.307 e. The first kappa shape index (κ1) is 19.9. The van der Waals surface area contributed by atoms with Gasteiger partial charge in [0.05, 0.1) is 11.3 Å². The van der Waals surface area contributed by atoms with E-state index < -0.39 is 16.0 Å². The molecule has 0 aliphatic rings. The minimum Gasteiger partial charge on any atom is -0.490 e. The quantitative estimate of drug-likeness (QED) is 0.442. The van der Waals surface area contributed by atoms with Crippen molar-refractivity contribution in [3.05, 3.63) is 72.8 Å². The van der Waals surface area contributed by atoms with Gasteiger partial charge < -0.3 is 9.47 Å². The molecule has 0 aliphatic carbocycles. The SMILES string of the molecule is O=C(CCNS(=O)(=O)c1ccc2ccccc2c1)OCCOc1ccccc1. The van der Waals surface area contributed by atoms with E-state index in [1.807, 2.05) is 54.6 Å². The molecule has 0 aliphatic heterocycles. The first-order chi connectivity index (χ1) is 13.5. The number of para-hydroxylation sites is 1. The van der Waals surface area contributed by atoms with Crippen LogP contribution >= 0.6 is 0 Å². The third kappa shape index (κ3) is 5.55. The van der Waals surface area contributed by atoms with E-state index in [0.29, 0.717) is 5.75 Å². The molecule has 0 aromatic heterocycles. The lowest BCUT2D eigenvalue weighted by Gasteiger charge is -2.09. The number of ether oxygens (including phenoxy) is 2. The molecule has 0 saturated carbocycles. The fourth-order valence-electron chi connectivity index (χ4n) is 2.61. The van der Waals surface area contributed by atoms with Crippen molar-refractivity contribution in [2.24, 2.45) is 0 Å². The van der Waals surface area contributed by atoms with Crippen molar-refractivity contribution in [3.63, 3.8) is 0 Å². The Bertz CT molecular complexity index is 1030. The lowest BCUT2D eigenvalue weighted by molar-refractivity contribution is -0.144. The number of carbonyl (C=O) groups is 1. The fraction of sp³-hybridized carbons (Fsp3) is 0.190. The highest BCUT2D eigenvalue weighted by Crippen LogP contribution is 2.18. The van der Waals surface area contributed by atoms with Gasteiger partial charge in [-0.3, -0.25) is 4.79 Å². The third-order valence-corrected chi connectivity index (χ3v) is 5.47. The van der Waals surface area contributed by atoms with Gasteiger partial charge in [0, 0.05) is 6.54 Å². The second kappa shape index (κ2) is 9.34. The zero-order valence-corrected chi connectivity index (χ0v) is 16.0. The van der Waals surface area contributed by atoms with E-state index in [1.54, 1.807) is 18.2 Å². The van der Waals surface area contributed by atoms with Crippen LogP contribution in [0, 0.1) is 0 Å². The van der Waals surface area contributed by atoms with Crippen LogP contribution in [0.25, 0.3) is 10.8 Å². The zero-order chi connectivity index (χ0) is 19.8. The van der Waals surface area contributed by atoms with Crippen LogP contribution in [0.15, 0.2) is 77.7 Å². The molecule has 0 heterocycles. The van der Waals surface area contributed by atoms with Gasteiger partial charge >= 0.3 is 5.97 Å². The van der Waals surface area contributed by atoms with Crippen molar-refractivity contribution in [3.8, 4) is 5.75 Å². The van der Waals surface area contributed by atoms with Gasteiger partial charge in [-0.05, 0) is 35.0 Å². The average Bonchev–Trinajstić information content (AvgIpc) is 2.71. The summed E-state index contributed by atoms with van der Waals surface area (Å²) in [4.78, 5) is 11.9. The standard InChI is InChI=1S/C21H21NO5S/c23-21(27-15-14-26-19-8-2-1-3-9-19)12-13-22-28(24,25)20-11-10-17-6-4-5-7-18(17)16-20/h1-11,16,22H,12-15H2. The zero-order valence-electron chi connectivity index (χ0n) is 15.2. The van der Waals surface area contributed by atoms with Crippen molar-refractivity contribution >= 4 is 26.8 Å². The van der Waals surface area contributed by atoms with Crippen LogP contribution in [0.5, 0.6) is 5.75 Å². The van der Waals surface area contributed by atoms with Crippen LogP contribution in [-0.4, -0.2) is 34.1 Å². The molecule has 7 heteroatoms. The first-order valence-corrected chi connectivity index (χ1v) is 10.3. The number of benzene rings is 3. The van der Waals surface area contributed by atoms with Crippen molar-refractivity contribution in [2.45, 2.75) is 11.3 Å². The molecule has 28 heavy (non-hydrogen) atoms. The van der Waals surface area contributed by atoms with E-state index in [0.717, 1.165) is 10.8 Å². The summed E-state index contributed by atoms with van der Waals surface area (Å²) in [6, 6.07) is 21.6. The van der Waals surface area contributed by atoms with Crippen LogP contribution in [-0.2, 0) is 19.6 Å². The second-order valence-electron chi connectivity index (χ2n) is 6.04. The molecule has 0 bridgehead atoms. The normalized spacial score (nSPS) is 11.3. The lowest BCUT2D eigenvalue weighted by atomic mass is 10.1. The summed E-state index contributed by atoms with van der Waals surface area (Å²) in [7, 11) is -3.69. The van der Waals surface area contributed by atoms with E-state index >= 15 is 0 Å². The summed E-state index contributed by atoms with van der Waals surface area (Å²) in [5.41, 5.74) is 0. The van der Waals surface area contributed by atoms with E-state index in [-0.39, 0.29) is 31.1 Å². The molecule has 0 fully saturated rings. The summed E-state index contributed by atoms with van der Waals surface area (Å²) in [6.07, 6.45) is -0.0574. The minimum absolute atomic E-state index is 0.0342. The number of fused-ring (bicyclic) bond motifs is 1. The molecule has 0 unspecified atom stereocenters. The van der Waals surface area contributed by atoms with Crippen molar-refractivity contribution < 1.29 is 22.7 Å². The van der Waals surface area contributed by atoms with Gasteiger partial charge in [-0.15, -0.1) is 0 Å². The molecule has 0 atom stereocenters. The Hall–Kier alpha value is -2.90. The summed E-state index contributed by atoms with van der Waals surface area (Å²) in [5.74, 6) is 0.208. The topological polar surface area (TPSA) is 81.7 Å². The summed E-state index contributed by atoms with van der Waals surface area (Å²) in [5, 5.41) is 1.80. The number of esters is 1. The molecule has 6 nitrogen and oxygen atoms in total. The third-order valence-electron chi connectivity index (χ3n) is 4.01. The number of nitrogens with one attached hydrogen (secondary N) is 1. The van der Waals surface area contributed by atoms with Crippen LogP contribution in [0.2, 0.25) is 0 Å². The predicted octanol–water partition coefficient (Wildman–Crippen LogP) is 3.13. The number of sulfonamides is 1. The van der Waals surface area contributed by atoms with Crippen molar-refractivity contribution in [1.29, 1.82) is 0 Å². The minimum atomic E-state index is -3.69. The summed E-state index contributed by atoms with van der Waals surface area (Å²) < 4.78 is 37.7. The summed E-state index contributed by atoms with van der Waals surface area (Å²) >= 11 is 0. The molecule has 0 amide bonds. The first-order valence-electron chi connectivity index (χ1n) is 8.86. The Morgan fingerprint density at radius 2 is 1.57 bits per heavy atom. The van der Waals surface area contributed by atoms with Crippen LogP contribution in [0.1, 0.15) is 6.42 Å². The molecule has 0 saturated heterocycles. The van der Waals surface area contributed by atoms with Crippen LogP contribution < -0.4 is 9.46 Å². The van der Waals surface area contributed by atoms with Crippen molar-refractivity contribution in [2.75, 3.05) is 19.8 Å². The van der Waals surface area contributed by atoms with E-state index in [1.165, 1.54) is 0 Å². The van der Waals surface area contributed by atoms with Gasteiger partial charge in [-0.2, -0.15) is 0 Å². The maximum atomic E-state index is 12.4. The largest absolute Gasteiger partial charge is 0.490 e. The Kier molecular flexibility index (Phi) is 6.62. The van der Waals surface area contributed by atoms with E-state index in [2.05, 4.69) is 4.72 Å². The predicted molar refractivity (Wildman–Crippen MR) is 107 cm³/mol. The highest BCUT2D eigenvalue weighted by Gasteiger charge is 2.15. The monoisotopic (exact) mass is 399 g/mol. The van der Waals surface area contributed by atoms with E-state index in [4.69, 9.17) is 9.47 Å². The number of hydrogen-bond donors (Lipinski definition) is 1. The Morgan fingerprint density at radius 3 is 2.36 bits per heavy atom. The number of hydrogen-bond acceptors (Lipinski definition) is 5. The molecule has 3 rings (SSSR count). The van der Waals surface area contributed by atoms with E-state index in [9.17, 15) is 13.2 Å². The Labute approximate surface area is 164 Å². The second-order valence-corrected chi connectivity index (χ2v) is 7.81. The molecular formula is C21H21NO5S. The molecule has 3 aromatic rings. The van der Waals surface area contributed by atoms with Gasteiger partial charge in [0.15, 0.2) is 0 Å². The van der Waals surface area contributed by atoms with Crippen molar-refractivity contribution in [1.82, 2.24) is 4.72 Å². The maximum absolute atomic E-state index is 12.4. The molecule has 1 N–H and O–H groups in total. The van der Waals surface area contributed by atoms with Crippen LogP contribution in [0.4, 0.5) is 0 Å². The molecule has 0 radical (unpaired) electrons. The fourth-order valence-corrected chi connectivity index (χ4v) is 3.68. The van der Waals surface area contributed by atoms with Gasteiger partial charge in [0.2, 0.25) is 10.0 Å². The molecule has 0 spiro atoms. The smallest absolute Gasteiger partial charge is 0.307 e. The number of rotatable bonds is 9. The summed E-state index contributed by atoms with van der Waals surface area (Å²) in [6.45, 7) is 0.303. The Morgan fingerprint density at radius 1 is 0.857 bits per heavy atom. The molecular weight excluding hydrogens is 378 g/mol. The van der Waals surface area contributed by atoms with Gasteiger partial charge in [-0.1, -0.05) is 48.5 Å². The highest BCUT2D eigenvalue weighted by atomic mass is 32.2. The Balaban J connectivity index is 1.42. The van der Waals surface area contributed by atoms with Gasteiger partial charge in [-0.25, -0.2) is 13.1 Å². The molecule has 3 aromatic carbocycles. The van der Waals surface area contributed by atoms with Gasteiger partial charge in [0.25, 0.3) is 0 Å². The lowest BCUT2D eigenvalue weighted by Crippen LogP contribution is -2.27. The number of carbonyl (C=O) groups excluding carboxylic acids is 1. The van der Waals surface area contributed by atoms with Gasteiger partial charge in [0.1, 0.15) is 19.0 Å². The molecule has 146 valence electrons. The highest BCUT2D eigenvalue weighted by molar-refractivity contribution is 7.89.